The molecule has 0 aliphatic heterocycles. The van der Waals surface area contributed by atoms with Gasteiger partial charge in [0, 0.05) is 0 Å². The second-order valence-electron chi connectivity index (χ2n) is 3.31. The third-order valence-corrected chi connectivity index (χ3v) is 2.15. The summed E-state index contributed by atoms with van der Waals surface area (Å²) < 4.78 is 51.9. The average Bonchev–Trinajstić information content (AvgIpc) is 2.60. The Morgan fingerprint density at radius 3 is 2.41 bits per heavy atom. The van der Waals surface area contributed by atoms with Crippen molar-refractivity contribution in [2.45, 2.75) is 6.18 Å². The number of rotatable bonds is 1. The lowest BCUT2D eigenvalue weighted by Crippen LogP contribution is -2.15. The van der Waals surface area contributed by atoms with Gasteiger partial charge in [-0.1, -0.05) is 12.1 Å². The Kier molecular flexibility index (Phi) is 2.53. The lowest BCUT2D eigenvalue weighted by molar-refractivity contribution is -0.142. The number of halogens is 4. The van der Waals surface area contributed by atoms with Crippen molar-refractivity contribution in [2.75, 3.05) is 5.73 Å². The fourth-order valence-corrected chi connectivity index (χ4v) is 1.45. The SMILES string of the molecule is Nc1cnn(-c2ccccc2F)c1C(F)(F)F. The summed E-state index contributed by atoms with van der Waals surface area (Å²) >= 11 is 0. The van der Waals surface area contributed by atoms with Crippen LogP contribution in [0.5, 0.6) is 0 Å². The molecule has 7 heteroatoms. The van der Waals surface area contributed by atoms with Crippen LogP contribution in [0.3, 0.4) is 0 Å². The van der Waals surface area contributed by atoms with Gasteiger partial charge < -0.3 is 5.73 Å². The molecule has 1 aromatic carbocycles. The van der Waals surface area contributed by atoms with Crippen LogP contribution in [0.4, 0.5) is 23.2 Å². The first-order valence-corrected chi connectivity index (χ1v) is 4.57. The van der Waals surface area contributed by atoms with Crippen molar-refractivity contribution in [1.29, 1.82) is 0 Å². The van der Waals surface area contributed by atoms with Gasteiger partial charge in [0.2, 0.25) is 0 Å². The van der Waals surface area contributed by atoms with Crippen LogP contribution in [0, 0.1) is 5.82 Å². The van der Waals surface area contributed by atoms with E-state index in [1.54, 1.807) is 0 Å². The van der Waals surface area contributed by atoms with E-state index >= 15 is 0 Å². The summed E-state index contributed by atoms with van der Waals surface area (Å²) in [6.07, 6.45) is -3.85. The molecule has 0 aliphatic rings. The van der Waals surface area contributed by atoms with Crippen LogP contribution in [-0.2, 0) is 6.18 Å². The van der Waals surface area contributed by atoms with Crippen LogP contribution in [0.15, 0.2) is 30.5 Å². The number of nitrogen functional groups attached to an aromatic ring is 1. The van der Waals surface area contributed by atoms with Crippen molar-refractivity contribution >= 4 is 5.69 Å². The first kappa shape index (κ1) is 11.4. The Bertz CT molecular complexity index is 545. The molecule has 0 bridgehead atoms. The standard InChI is InChI=1S/C10H7F4N3/c11-6-3-1-2-4-8(6)17-9(10(12,13)14)7(15)5-16-17/h1-5H,15H2. The minimum atomic E-state index is -4.69. The topological polar surface area (TPSA) is 43.8 Å². The maximum atomic E-state index is 13.4. The molecule has 0 saturated carbocycles. The second-order valence-corrected chi connectivity index (χ2v) is 3.31. The van der Waals surface area contributed by atoms with Crippen LogP contribution in [0.2, 0.25) is 0 Å². The first-order valence-electron chi connectivity index (χ1n) is 4.57. The van der Waals surface area contributed by atoms with E-state index in [9.17, 15) is 17.6 Å². The first-order chi connectivity index (χ1) is 7.91. The number of benzene rings is 1. The van der Waals surface area contributed by atoms with Crippen LogP contribution in [0.25, 0.3) is 5.69 Å². The predicted octanol–water partition coefficient (Wildman–Crippen LogP) is 2.61. The zero-order valence-electron chi connectivity index (χ0n) is 8.37. The molecule has 2 N–H and O–H groups in total. The Morgan fingerprint density at radius 1 is 1.18 bits per heavy atom. The van der Waals surface area contributed by atoms with Crippen molar-refractivity contribution in [3.63, 3.8) is 0 Å². The lowest BCUT2D eigenvalue weighted by Gasteiger charge is -2.11. The summed E-state index contributed by atoms with van der Waals surface area (Å²) in [7, 11) is 0. The van der Waals surface area contributed by atoms with Crippen LogP contribution >= 0.6 is 0 Å². The van der Waals surface area contributed by atoms with Gasteiger partial charge in [0.1, 0.15) is 11.5 Å². The highest BCUT2D eigenvalue weighted by Gasteiger charge is 2.38. The minimum absolute atomic E-state index is 0.295. The highest BCUT2D eigenvalue weighted by molar-refractivity contribution is 5.47. The highest BCUT2D eigenvalue weighted by Crippen LogP contribution is 2.35. The quantitative estimate of drug-likeness (QED) is 0.785. The molecule has 2 aromatic rings. The summed E-state index contributed by atoms with van der Waals surface area (Å²) in [5, 5.41) is 3.44. The Labute approximate surface area is 93.5 Å². The van der Waals surface area contributed by atoms with Gasteiger partial charge >= 0.3 is 6.18 Å². The van der Waals surface area contributed by atoms with E-state index in [4.69, 9.17) is 5.73 Å². The van der Waals surface area contributed by atoms with Gasteiger partial charge in [-0.25, -0.2) is 9.07 Å². The minimum Gasteiger partial charge on any atom is -0.396 e. The molecule has 0 radical (unpaired) electrons. The largest absolute Gasteiger partial charge is 0.435 e. The fraction of sp³-hybridized carbons (Fsp3) is 0.100. The number of hydrogen-bond acceptors (Lipinski definition) is 2. The summed E-state index contributed by atoms with van der Waals surface area (Å²) in [6, 6.07) is 5.03. The van der Waals surface area contributed by atoms with Gasteiger partial charge in [0.15, 0.2) is 5.69 Å². The van der Waals surface area contributed by atoms with E-state index in [0.717, 1.165) is 12.3 Å². The van der Waals surface area contributed by atoms with E-state index in [0.29, 0.717) is 4.68 Å². The zero-order chi connectivity index (χ0) is 12.6. The molecule has 1 aromatic heterocycles. The van der Waals surface area contributed by atoms with Crippen LogP contribution < -0.4 is 5.73 Å². The van der Waals surface area contributed by atoms with Gasteiger partial charge in [-0.05, 0) is 12.1 Å². The maximum absolute atomic E-state index is 13.4. The molecule has 90 valence electrons. The van der Waals surface area contributed by atoms with Gasteiger partial charge in [0.05, 0.1) is 11.9 Å². The second kappa shape index (κ2) is 3.76. The number of alkyl halides is 3. The van der Waals surface area contributed by atoms with E-state index in [1.807, 2.05) is 0 Å². The van der Waals surface area contributed by atoms with Gasteiger partial charge in [-0.3, -0.25) is 0 Å². The molecule has 0 atom stereocenters. The fourth-order valence-electron chi connectivity index (χ4n) is 1.45. The Balaban J connectivity index is 2.66. The van der Waals surface area contributed by atoms with Crippen LogP contribution in [0.1, 0.15) is 5.69 Å². The van der Waals surface area contributed by atoms with Crippen molar-refractivity contribution in [3.05, 3.63) is 42.0 Å². The van der Waals surface area contributed by atoms with Crippen molar-refractivity contribution in [1.82, 2.24) is 9.78 Å². The summed E-state index contributed by atoms with van der Waals surface area (Å²) in [4.78, 5) is 0. The molecule has 0 spiro atoms. The molecule has 17 heavy (non-hydrogen) atoms. The Hall–Kier alpha value is -2.05. The molecule has 2 rings (SSSR count). The molecule has 0 unspecified atom stereocenters. The maximum Gasteiger partial charge on any atom is 0.435 e. The van der Waals surface area contributed by atoms with E-state index in [2.05, 4.69) is 5.10 Å². The number of anilines is 1. The third kappa shape index (κ3) is 1.95. The van der Waals surface area contributed by atoms with Gasteiger partial charge in [-0.2, -0.15) is 18.3 Å². The lowest BCUT2D eigenvalue weighted by atomic mass is 10.3. The molecule has 1 heterocycles. The third-order valence-electron chi connectivity index (χ3n) is 2.15. The molecular formula is C10H7F4N3. The summed E-state index contributed by atoms with van der Waals surface area (Å²) in [5.74, 6) is -0.805. The van der Waals surface area contributed by atoms with E-state index < -0.39 is 23.4 Å². The molecule has 0 amide bonds. The number of hydrogen-bond donors (Lipinski definition) is 1. The van der Waals surface area contributed by atoms with Gasteiger partial charge in [-0.15, -0.1) is 0 Å². The molecule has 0 aliphatic carbocycles. The number of aromatic nitrogens is 2. The summed E-state index contributed by atoms with van der Waals surface area (Å²) in [5.41, 5.74) is 3.18. The molecule has 0 saturated heterocycles. The number of nitrogens with zero attached hydrogens (tertiary/aromatic N) is 2. The van der Waals surface area contributed by atoms with E-state index in [-0.39, 0.29) is 5.69 Å². The number of para-hydroxylation sites is 1. The van der Waals surface area contributed by atoms with E-state index in [1.165, 1.54) is 18.2 Å². The average molecular weight is 245 g/mol. The van der Waals surface area contributed by atoms with Crippen molar-refractivity contribution in [2.24, 2.45) is 0 Å². The highest BCUT2D eigenvalue weighted by atomic mass is 19.4. The normalized spacial score (nSPS) is 11.8. The Morgan fingerprint density at radius 2 is 1.82 bits per heavy atom. The van der Waals surface area contributed by atoms with Crippen LogP contribution in [-0.4, -0.2) is 9.78 Å². The molecule has 3 nitrogen and oxygen atoms in total. The molecule has 0 fully saturated rings. The van der Waals surface area contributed by atoms with Crippen molar-refractivity contribution < 1.29 is 17.6 Å². The summed E-state index contributed by atoms with van der Waals surface area (Å²) in [6.45, 7) is 0. The molecular weight excluding hydrogens is 238 g/mol. The van der Waals surface area contributed by atoms with Crippen molar-refractivity contribution in [3.8, 4) is 5.69 Å². The zero-order valence-corrected chi connectivity index (χ0v) is 8.37. The van der Waals surface area contributed by atoms with Gasteiger partial charge in [0.25, 0.3) is 0 Å². The smallest absolute Gasteiger partial charge is 0.396 e. The predicted molar refractivity (Wildman–Crippen MR) is 52.9 cm³/mol. The monoisotopic (exact) mass is 245 g/mol. The number of nitrogens with two attached hydrogens (primary N) is 1.